The van der Waals surface area contributed by atoms with E-state index in [9.17, 15) is 0 Å². The summed E-state index contributed by atoms with van der Waals surface area (Å²) in [6.45, 7) is 1.92. The molecule has 2 N–H and O–H groups in total. The van der Waals surface area contributed by atoms with Crippen molar-refractivity contribution >= 4 is 29.2 Å². The van der Waals surface area contributed by atoms with Gasteiger partial charge in [0, 0.05) is 11.4 Å². The van der Waals surface area contributed by atoms with Gasteiger partial charge in [-0.15, -0.1) is 5.10 Å². The first-order chi connectivity index (χ1) is 7.66. The average Bonchev–Trinajstić information content (AvgIpc) is 2.27. The van der Waals surface area contributed by atoms with E-state index in [1.165, 1.54) is 0 Å². The molecule has 4 heteroatoms. The largest absolute Gasteiger partial charge is 0.385 e. The number of nitrogens with two attached hydrogens (primary N) is 1. The molecule has 1 heterocycles. The maximum Gasteiger partial charge on any atom is 0.126 e. The molecule has 0 saturated carbocycles. The van der Waals surface area contributed by atoms with Crippen LogP contribution in [0.3, 0.4) is 0 Å². The lowest BCUT2D eigenvalue weighted by atomic mass is 10.0. The van der Waals surface area contributed by atoms with Crippen molar-refractivity contribution in [2.24, 2.45) is 15.9 Å². The van der Waals surface area contributed by atoms with Gasteiger partial charge < -0.3 is 5.73 Å². The smallest absolute Gasteiger partial charge is 0.126 e. The molecular weight excluding hydrogens is 222 g/mol. The zero-order valence-corrected chi connectivity index (χ0v) is 9.70. The third-order valence-electron chi connectivity index (χ3n) is 2.40. The van der Waals surface area contributed by atoms with Crippen LogP contribution in [0.5, 0.6) is 0 Å². The van der Waals surface area contributed by atoms with E-state index in [0.717, 1.165) is 21.9 Å². The predicted molar refractivity (Wildman–Crippen MR) is 68.8 cm³/mol. The maximum absolute atomic E-state index is 6.08. The fourth-order valence-corrected chi connectivity index (χ4v) is 1.69. The van der Waals surface area contributed by atoms with Gasteiger partial charge in [-0.25, -0.2) is 0 Å². The average molecular weight is 234 g/mol. The Morgan fingerprint density at radius 2 is 2.06 bits per heavy atom. The van der Waals surface area contributed by atoms with Gasteiger partial charge in [-0.3, -0.25) is 0 Å². The van der Waals surface area contributed by atoms with Crippen LogP contribution in [0.2, 0.25) is 5.02 Å². The summed E-state index contributed by atoms with van der Waals surface area (Å²) in [5.41, 5.74) is 8.56. The van der Waals surface area contributed by atoms with Crippen molar-refractivity contribution < 1.29 is 0 Å². The highest BCUT2D eigenvalue weighted by atomic mass is 35.5. The van der Waals surface area contributed by atoms with Crippen molar-refractivity contribution in [1.82, 2.24) is 0 Å². The van der Waals surface area contributed by atoms with Crippen molar-refractivity contribution in [3.63, 3.8) is 0 Å². The highest BCUT2D eigenvalue weighted by molar-refractivity contribution is 6.32. The lowest BCUT2D eigenvalue weighted by Crippen LogP contribution is -2.18. The molecule has 1 aromatic carbocycles. The molecule has 0 fully saturated rings. The third-order valence-corrected chi connectivity index (χ3v) is 2.74. The first-order valence-corrected chi connectivity index (χ1v) is 5.36. The summed E-state index contributed by atoms with van der Waals surface area (Å²) in [5.74, 6) is 0.531. The molecule has 16 heavy (non-hydrogen) atoms. The Kier molecular flexibility index (Phi) is 3.06. The van der Waals surface area contributed by atoms with Crippen LogP contribution in [0.15, 0.2) is 40.0 Å². The molecule has 1 aliphatic heterocycles. The molecule has 1 aliphatic rings. The second kappa shape index (κ2) is 4.49. The zero-order valence-electron chi connectivity index (χ0n) is 8.94. The number of benzene rings is 1. The van der Waals surface area contributed by atoms with Crippen molar-refractivity contribution in [3.8, 4) is 0 Å². The fourth-order valence-electron chi connectivity index (χ4n) is 1.50. The molecule has 3 nitrogen and oxygen atoms in total. The zero-order chi connectivity index (χ0) is 11.5. The first kappa shape index (κ1) is 10.9. The van der Waals surface area contributed by atoms with E-state index in [2.05, 4.69) is 10.2 Å². The molecule has 1 aromatic rings. The maximum atomic E-state index is 6.08. The highest BCUT2D eigenvalue weighted by Gasteiger charge is 2.10. The van der Waals surface area contributed by atoms with E-state index < -0.39 is 0 Å². The van der Waals surface area contributed by atoms with Crippen LogP contribution in [-0.4, -0.2) is 11.5 Å². The third kappa shape index (κ3) is 2.31. The summed E-state index contributed by atoms with van der Waals surface area (Å²) in [6.07, 6.45) is 2.63. The summed E-state index contributed by atoms with van der Waals surface area (Å²) in [5, 5.41) is 8.55. The molecule has 0 aromatic heterocycles. The number of hydrogen-bond donors (Lipinski definition) is 1. The Bertz CT molecular complexity index is 501. The summed E-state index contributed by atoms with van der Waals surface area (Å²) >= 11 is 6.08. The van der Waals surface area contributed by atoms with Crippen molar-refractivity contribution in [2.75, 3.05) is 0 Å². The molecule has 82 valence electrons. The van der Waals surface area contributed by atoms with Crippen LogP contribution >= 0.6 is 11.6 Å². The minimum Gasteiger partial charge on any atom is -0.385 e. The normalized spacial score (nSPS) is 18.2. The van der Waals surface area contributed by atoms with Gasteiger partial charge in [0.2, 0.25) is 0 Å². The van der Waals surface area contributed by atoms with Gasteiger partial charge in [0.1, 0.15) is 5.84 Å². The predicted octanol–water partition coefficient (Wildman–Crippen LogP) is 2.86. The van der Waals surface area contributed by atoms with Gasteiger partial charge >= 0.3 is 0 Å². The number of halogens is 1. The standard InChI is InChI=1S/C12H12ClN3/c1-8-10(7-12(14)16-15-8)6-9-4-2-3-5-11(9)13/h2-6H,7H2,1H3,(H2,14,16)/b10-6+. The Morgan fingerprint density at radius 1 is 1.31 bits per heavy atom. The monoisotopic (exact) mass is 233 g/mol. The first-order valence-electron chi connectivity index (χ1n) is 4.99. The van der Waals surface area contributed by atoms with E-state index >= 15 is 0 Å². The van der Waals surface area contributed by atoms with Crippen molar-refractivity contribution in [3.05, 3.63) is 40.4 Å². The number of hydrogen-bond acceptors (Lipinski definition) is 3. The topological polar surface area (TPSA) is 50.7 Å². The fraction of sp³-hybridized carbons (Fsp3) is 0.167. The van der Waals surface area contributed by atoms with Gasteiger partial charge in [-0.1, -0.05) is 29.8 Å². The molecule has 0 unspecified atom stereocenters. The van der Waals surface area contributed by atoms with Gasteiger partial charge in [0.05, 0.1) is 5.71 Å². The van der Waals surface area contributed by atoms with E-state index in [4.69, 9.17) is 17.3 Å². The summed E-state index contributed by atoms with van der Waals surface area (Å²) < 4.78 is 0. The van der Waals surface area contributed by atoms with Crippen molar-refractivity contribution in [1.29, 1.82) is 0 Å². The minimum atomic E-state index is 0.531. The Hall–Kier alpha value is -1.61. The molecule has 0 bridgehead atoms. The van der Waals surface area contributed by atoms with Gasteiger partial charge in [0.15, 0.2) is 0 Å². The summed E-state index contributed by atoms with van der Waals surface area (Å²) in [6, 6.07) is 7.68. The Morgan fingerprint density at radius 3 is 2.81 bits per heavy atom. The molecule has 0 atom stereocenters. The van der Waals surface area contributed by atoms with Crippen LogP contribution in [0.1, 0.15) is 18.9 Å². The van der Waals surface area contributed by atoms with Crippen LogP contribution in [0, 0.1) is 0 Å². The van der Waals surface area contributed by atoms with Crippen LogP contribution in [0.4, 0.5) is 0 Å². The van der Waals surface area contributed by atoms with E-state index in [1.807, 2.05) is 37.3 Å². The van der Waals surface area contributed by atoms with Gasteiger partial charge in [-0.2, -0.15) is 5.10 Å². The lowest BCUT2D eigenvalue weighted by molar-refractivity contribution is 1.13. The second-order valence-electron chi connectivity index (χ2n) is 3.64. The van der Waals surface area contributed by atoms with Crippen molar-refractivity contribution in [2.45, 2.75) is 13.3 Å². The SMILES string of the molecule is CC1=NN=C(N)C/C1=C\c1ccccc1Cl. The van der Waals surface area contributed by atoms with E-state index in [-0.39, 0.29) is 0 Å². The molecule has 0 aliphatic carbocycles. The van der Waals surface area contributed by atoms with E-state index in [1.54, 1.807) is 0 Å². The number of nitrogens with zero attached hydrogens (tertiary/aromatic N) is 2. The molecule has 0 saturated heterocycles. The van der Waals surface area contributed by atoms with Crippen LogP contribution in [0.25, 0.3) is 6.08 Å². The van der Waals surface area contributed by atoms with E-state index in [0.29, 0.717) is 12.3 Å². The molecular formula is C12H12ClN3. The Labute approximate surface area is 99.3 Å². The quantitative estimate of drug-likeness (QED) is 0.797. The lowest BCUT2D eigenvalue weighted by Gasteiger charge is -2.10. The molecule has 2 rings (SSSR count). The summed E-state index contributed by atoms with van der Waals surface area (Å²) in [4.78, 5) is 0. The second-order valence-corrected chi connectivity index (χ2v) is 4.05. The Balaban J connectivity index is 2.36. The highest BCUT2D eigenvalue weighted by Crippen LogP contribution is 2.21. The summed E-state index contributed by atoms with van der Waals surface area (Å²) in [7, 11) is 0. The molecule has 0 spiro atoms. The van der Waals surface area contributed by atoms with Gasteiger partial charge in [-0.05, 0) is 30.2 Å². The number of rotatable bonds is 1. The molecule has 0 amide bonds. The van der Waals surface area contributed by atoms with Crippen LogP contribution in [-0.2, 0) is 0 Å². The molecule has 0 radical (unpaired) electrons. The minimum absolute atomic E-state index is 0.531. The van der Waals surface area contributed by atoms with Gasteiger partial charge in [0.25, 0.3) is 0 Å². The van der Waals surface area contributed by atoms with Crippen LogP contribution < -0.4 is 5.73 Å². The number of amidine groups is 1.